The molecule has 0 radical (unpaired) electrons. The molecule has 1 aliphatic carbocycles. The fourth-order valence-corrected chi connectivity index (χ4v) is 8.77. The van der Waals surface area contributed by atoms with E-state index >= 15 is 0 Å². The summed E-state index contributed by atoms with van der Waals surface area (Å²) in [5, 5.41) is 3.02. The van der Waals surface area contributed by atoms with Crippen molar-refractivity contribution in [2.45, 2.75) is 115 Å². The van der Waals surface area contributed by atoms with Crippen molar-refractivity contribution >= 4 is 45.6 Å². The van der Waals surface area contributed by atoms with Crippen LogP contribution in [-0.2, 0) is 18.4 Å². The van der Waals surface area contributed by atoms with Gasteiger partial charge in [-0.2, -0.15) is 4.98 Å². The van der Waals surface area contributed by atoms with Gasteiger partial charge in [-0.25, -0.2) is 4.98 Å². The van der Waals surface area contributed by atoms with Gasteiger partial charge in [0.1, 0.15) is 12.3 Å². The predicted molar refractivity (Wildman–Crippen MR) is 203 cm³/mol. The Morgan fingerprint density at radius 2 is 1.54 bits per heavy atom. The summed E-state index contributed by atoms with van der Waals surface area (Å²) in [4.78, 5) is 38.7. The lowest BCUT2D eigenvalue weighted by Gasteiger charge is -2.40. The van der Waals surface area contributed by atoms with Crippen molar-refractivity contribution in [3.05, 3.63) is 70.0 Å². The number of hydrogen-bond donors (Lipinski definition) is 3. The van der Waals surface area contributed by atoms with Crippen LogP contribution < -0.4 is 16.6 Å². The van der Waals surface area contributed by atoms with Crippen molar-refractivity contribution in [2.24, 2.45) is 0 Å². The highest BCUT2D eigenvalue weighted by atomic mass is 28.4. The summed E-state index contributed by atoms with van der Waals surface area (Å²) in [6.45, 7) is 22.5. The van der Waals surface area contributed by atoms with E-state index in [1.165, 1.54) is 0 Å². The number of nitrogens with two attached hydrogens (primary N) is 1. The van der Waals surface area contributed by atoms with Crippen LogP contribution in [0.15, 0.2) is 53.3 Å². The van der Waals surface area contributed by atoms with Gasteiger partial charge in [-0.15, -0.1) is 0 Å². The third kappa shape index (κ3) is 6.73. The molecule has 3 heterocycles. The maximum Gasteiger partial charge on any atom is 0.280 e. The van der Waals surface area contributed by atoms with E-state index < -0.39 is 34.5 Å². The molecular weight excluding hydrogens is 665 g/mol. The van der Waals surface area contributed by atoms with Crippen LogP contribution in [0.1, 0.15) is 77.7 Å². The highest BCUT2D eigenvalue weighted by Crippen LogP contribution is 2.47. The molecule has 3 atom stereocenters. The van der Waals surface area contributed by atoms with Crippen LogP contribution in [0.5, 0.6) is 0 Å². The smallest absolute Gasteiger partial charge is 0.280 e. The van der Waals surface area contributed by atoms with Crippen molar-refractivity contribution in [3.63, 3.8) is 0 Å². The van der Waals surface area contributed by atoms with E-state index in [0.29, 0.717) is 13.0 Å². The zero-order valence-corrected chi connectivity index (χ0v) is 33.0. The number of hydrogen-bond acceptors (Lipinski definition) is 8. The van der Waals surface area contributed by atoms with Gasteiger partial charge < -0.3 is 19.3 Å². The lowest BCUT2D eigenvalue weighted by molar-refractivity contribution is -0.116. The molecule has 0 saturated carbocycles. The summed E-state index contributed by atoms with van der Waals surface area (Å²) in [6.07, 6.45) is -0.703. The van der Waals surface area contributed by atoms with E-state index in [9.17, 15) is 9.59 Å². The maximum absolute atomic E-state index is 13.9. The van der Waals surface area contributed by atoms with Crippen LogP contribution in [0.4, 0.5) is 11.9 Å². The summed E-state index contributed by atoms with van der Waals surface area (Å²) in [5.41, 5.74) is 10.4. The van der Waals surface area contributed by atoms with Crippen LogP contribution in [-0.4, -0.2) is 60.9 Å². The number of nitrogens with one attached hydrogen (secondary N) is 2. The van der Waals surface area contributed by atoms with E-state index in [4.69, 9.17) is 19.3 Å². The normalized spacial score (nSPS) is 19.9. The summed E-state index contributed by atoms with van der Waals surface area (Å²) >= 11 is 0. The lowest BCUT2D eigenvalue weighted by Crippen LogP contribution is -2.48. The molecule has 1 aliphatic heterocycles. The molecule has 11 nitrogen and oxygen atoms in total. The molecule has 0 spiro atoms. The average Bonchev–Trinajstić information content (AvgIpc) is 3.67. The van der Waals surface area contributed by atoms with Gasteiger partial charge in [-0.3, -0.25) is 24.5 Å². The van der Waals surface area contributed by atoms with Crippen LogP contribution in [0.2, 0.25) is 36.3 Å². The standard InChI is InChI=1S/C37H52N6O5Si2/c1-36(2,3)49(7,8)46-21-28-27(48-50(9,10)37(4,5)6)20-30(47-28)43-32-31(33(45)42-34(38)41-32)40-35(43)39-29(44)19-26-24-17-13-11-15-22(24)23-16-12-14-18-25(23)26/h11-18,26-28,30H,19-21H2,1-10H3,(H,39,40,44)(H3,38,41,42,45)/t27-,28+,30+/m0/s1. The lowest BCUT2D eigenvalue weighted by atomic mass is 9.93. The number of anilines is 2. The number of nitrogen functional groups attached to an aromatic ring is 1. The van der Waals surface area contributed by atoms with Gasteiger partial charge in [-0.1, -0.05) is 90.1 Å². The SMILES string of the molecule is CC(C)(C)[Si](C)(C)OC[C@H]1O[C@@H](n2c(NC(=O)CC3c4ccccc4-c4ccccc43)nc3c(=O)[nH]c(N)nc32)C[C@@H]1O[Si](C)(C)C(C)(C)C. The minimum atomic E-state index is -2.24. The second-order valence-electron chi connectivity index (χ2n) is 16.8. The molecule has 2 aromatic heterocycles. The molecule has 0 unspecified atom stereocenters. The molecule has 2 aliphatic rings. The van der Waals surface area contributed by atoms with Gasteiger partial charge in [0.05, 0.1) is 12.7 Å². The molecule has 4 aromatic rings. The van der Waals surface area contributed by atoms with Gasteiger partial charge >= 0.3 is 0 Å². The number of carbonyl (C=O) groups excluding carboxylic acids is 1. The number of imidazole rings is 1. The Hall–Kier alpha value is -3.63. The fraction of sp³-hybridized carbons (Fsp3) is 0.514. The van der Waals surface area contributed by atoms with E-state index in [2.05, 4.69) is 112 Å². The molecule has 1 amide bonds. The zero-order chi connectivity index (χ0) is 36.4. The highest BCUT2D eigenvalue weighted by molar-refractivity contribution is 6.74. The minimum Gasteiger partial charge on any atom is -0.414 e. The third-order valence-electron chi connectivity index (χ3n) is 11.3. The number of benzene rings is 2. The number of fused-ring (bicyclic) bond motifs is 4. The second kappa shape index (κ2) is 12.9. The third-order valence-corrected chi connectivity index (χ3v) is 20.3. The molecule has 2 aromatic carbocycles. The molecule has 6 rings (SSSR count). The number of nitrogens with zero attached hydrogens (tertiary/aromatic N) is 3. The highest BCUT2D eigenvalue weighted by Gasteiger charge is 2.47. The Balaban J connectivity index is 1.34. The molecule has 268 valence electrons. The number of rotatable bonds is 9. The topological polar surface area (TPSA) is 146 Å². The summed E-state index contributed by atoms with van der Waals surface area (Å²) in [5.74, 6) is -0.243. The van der Waals surface area contributed by atoms with Crippen molar-refractivity contribution in [1.29, 1.82) is 0 Å². The Morgan fingerprint density at radius 3 is 2.12 bits per heavy atom. The Bertz CT molecular complexity index is 1930. The van der Waals surface area contributed by atoms with Gasteiger partial charge in [0.2, 0.25) is 17.8 Å². The van der Waals surface area contributed by atoms with Crippen molar-refractivity contribution < 1.29 is 18.4 Å². The Labute approximate surface area is 296 Å². The zero-order valence-electron chi connectivity index (χ0n) is 31.0. The molecule has 1 saturated heterocycles. The first kappa shape index (κ1) is 36.2. The average molecular weight is 717 g/mol. The largest absolute Gasteiger partial charge is 0.414 e. The van der Waals surface area contributed by atoms with E-state index in [1.54, 1.807) is 4.57 Å². The van der Waals surface area contributed by atoms with Gasteiger partial charge in [-0.05, 0) is 58.5 Å². The number of aromatic nitrogens is 4. The van der Waals surface area contributed by atoms with E-state index in [-0.39, 0.29) is 57.5 Å². The van der Waals surface area contributed by atoms with Crippen molar-refractivity contribution in [1.82, 2.24) is 19.5 Å². The first-order chi connectivity index (χ1) is 23.3. The number of carbonyl (C=O) groups is 1. The molecule has 0 bridgehead atoms. The molecular formula is C37H52N6O5Si2. The molecule has 13 heteroatoms. The maximum atomic E-state index is 13.9. The quantitative estimate of drug-likeness (QED) is 0.151. The van der Waals surface area contributed by atoms with Crippen LogP contribution in [0, 0.1) is 0 Å². The van der Waals surface area contributed by atoms with Crippen LogP contribution >= 0.6 is 0 Å². The van der Waals surface area contributed by atoms with Crippen LogP contribution in [0.3, 0.4) is 0 Å². The summed E-state index contributed by atoms with van der Waals surface area (Å²) < 4.78 is 22.2. The monoisotopic (exact) mass is 716 g/mol. The predicted octanol–water partition coefficient (Wildman–Crippen LogP) is 7.54. The Kier molecular flexibility index (Phi) is 9.30. The Morgan fingerprint density at radius 1 is 0.960 bits per heavy atom. The second-order valence-corrected chi connectivity index (χ2v) is 26.3. The van der Waals surface area contributed by atoms with E-state index in [1.807, 2.05) is 24.3 Å². The first-order valence-corrected chi connectivity index (χ1v) is 23.3. The first-order valence-electron chi connectivity index (χ1n) is 17.5. The van der Waals surface area contributed by atoms with E-state index in [0.717, 1.165) is 22.3 Å². The molecule has 50 heavy (non-hydrogen) atoms. The van der Waals surface area contributed by atoms with Crippen molar-refractivity contribution in [3.8, 4) is 11.1 Å². The van der Waals surface area contributed by atoms with Crippen molar-refractivity contribution in [2.75, 3.05) is 17.7 Å². The number of aromatic amines is 1. The number of H-pyrrole nitrogens is 1. The van der Waals surface area contributed by atoms with Gasteiger partial charge in [0.25, 0.3) is 5.56 Å². The number of ether oxygens (including phenoxy) is 1. The van der Waals surface area contributed by atoms with Gasteiger partial charge in [0, 0.05) is 18.8 Å². The minimum absolute atomic E-state index is 0.0155. The summed E-state index contributed by atoms with van der Waals surface area (Å²) in [7, 11) is -4.36. The fourth-order valence-electron chi connectivity index (χ4n) is 6.40. The van der Waals surface area contributed by atoms with Gasteiger partial charge in [0.15, 0.2) is 27.8 Å². The molecule has 1 fully saturated rings. The summed E-state index contributed by atoms with van der Waals surface area (Å²) in [6, 6.07) is 16.4. The number of amides is 1. The van der Waals surface area contributed by atoms with Crippen LogP contribution in [0.25, 0.3) is 22.3 Å². The molecule has 4 N–H and O–H groups in total.